The van der Waals surface area contributed by atoms with Crippen molar-refractivity contribution < 1.29 is 19.0 Å². The summed E-state index contributed by atoms with van der Waals surface area (Å²) in [6.45, 7) is 6.25. The third-order valence-corrected chi connectivity index (χ3v) is 1.56. The molecular formula is C10H21NO4. The smallest absolute Gasteiger partial charge is 0.407 e. The molecule has 0 unspecified atom stereocenters. The van der Waals surface area contributed by atoms with Gasteiger partial charge in [-0.1, -0.05) is 0 Å². The van der Waals surface area contributed by atoms with Crippen LogP contribution in [0.25, 0.3) is 0 Å². The monoisotopic (exact) mass is 219 g/mol. The first kappa shape index (κ1) is 14.2. The van der Waals surface area contributed by atoms with Gasteiger partial charge in [-0.3, -0.25) is 0 Å². The molecule has 1 amide bonds. The average Bonchev–Trinajstić information content (AvgIpc) is 2.09. The second-order valence-electron chi connectivity index (χ2n) is 4.29. The van der Waals surface area contributed by atoms with Crippen LogP contribution in [0.3, 0.4) is 0 Å². The zero-order chi connectivity index (χ0) is 11.9. The summed E-state index contributed by atoms with van der Waals surface area (Å²) < 4.78 is 14.9. The first-order valence-corrected chi connectivity index (χ1v) is 4.85. The number of hydrogen-bond donors (Lipinski definition) is 1. The van der Waals surface area contributed by atoms with E-state index in [1.807, 2.05) is 20.8 Å². The van der Waals surface area contributed by atoms with E-state index in [1.165, 1.54) is 0 Å². The van der Waals surface area contributed by atoms with Crippen molar-refractivity contribution in [1.29, 1.82) is 0 Å². The Kier molecular flexibility index (Phi) is 6.27. The molecule has 5 nitrogen and oxygen atoms in total. The molecule has 0 rings (SSSR count). The Morgan fingerprint density at radius 3 is 2.27 bits per heavy atom. The largest absolute Gasteiger partial charge is 0.447 e. The highest BCUT2D eigenvalue weighted by Gasteiger charge is 2.16. The summed E-state index contributed by atoms with van der Waals surface area (Å²) >= 11 is 0. The minimum Gasteiger partial charge on any atom is -0.447 e. The lowest BCUT2D eigenvalue weighted by Crippen LogP contribution is -2.42. The Labute approximate surface area is 91.1 Å². The van der Waals surface area contributed by atoms with Crippen molar-refractivity contribution >= 4 is 6.09 Å². The minimum absolute atomic E-state index is 0.187. The van der Waals surface area contributed by atoms with E-state index < -0.39 is 6.09 Å². The summed E-state index contributed by atoms with van der Waals surface area (Å²) in [6.07, 6.45) is -0.665. The molecule has 0 radical (unpaired) electrons. The summed E-state index contributed by atoms with van der Waals surface area (Å²) in [5.41, 5.74) is -0.291. The van der Waals surface area contributed by atoms with Crippen molar-refractivity contribution in [1.82, 2.24) is 5.32 Å². The predicted octanol–water partition coefficient (Wildman–Crippen LogP) is 1.17. The van der Waals surface area contributed by atoms with E-state index in [-0.39, 0.29) is 18.2 Å². The molecule has 0 saturated heterocycles. The van der Waals surface area contributed by atoms with Crippen molar-refractivity contribution in [2.45, 2.75) is 32.4 Å². The number of hydrogen-bond acceptors (Lipinski definition) is 4. The quantitative estimate of drug-likeness (QED) is 0.754. The molecule has 0 bridgehead atoms. The van der Waals surface area contributed by atoms with Crippen molar-refractivity contribution in [3.8, 4) is 0 Å². The van der Waals surface area contributed by atoms with Crippen molar-refractivity contribution in [2.75, 3.05) is 27.4 Å². The van der Waals surface area contributed by atoms with Gasteiger partial charge in [-0.25, -0.2) is 4.79 Å². The van der Waals surface area contributed by atoms with E-state index in [9.17, 15) is 4.79 Å². The van der Waals surface area contributed by atoms with Gasteiger partial charge < -0.3 is 19.5 Å². The van der Waals surface area contributed by atoms with E-state index in [1.54, 1.807) is 14.2 Å². The number of methoxy groups -OCH3 is 2. The molecule has 0 spiro atoms. The van der Waals surface area contributed by atoms with Crippen LogP contribution in [0.2, 0.25) is 0 Å². The standard InChI is InChI=1S/C10H21NO4/c1-10(2,3)11-9(12)15-7-8(14-5)6-13-4/h8H,6-7H2,1-5H3,(H,11,12)/t8-/m0/s1. The second-order valence-corrected chi connectivity index (χ2v) is 4.29. The van der Waals surface area contributed by atoms with Crippen LogP contribution in [0.4, 0.5) is 4.79 Å². The molecule has 5 heteroatoms. The summed E-state index contributed by atoms with van der Waals surface area (Å²) in [4.78, 5) is 11.3. The fourth-order valence-electron chi connectivity index (χ4n) is 0.881. The highest BCUT2D eigenvalue weighted by Crippen LogP contribution is 2.00. The van der Waals surface area contributed by atoms with E-state index >= 15 is 0 Å². The van der Waals surface area contributed by atoms with Crippen LogP contribution in [0.1, 0.15) is 20.8 Å². The Bertz CT molecular complexity index is 188. The van der Waals surface area contributed by atoms with Gasteiger partial charge in [0.05, 0.1) is 6.61 Å². The topological polar surface area (TPSA) is 56.8 Å². The lowest BCUT2D eigenvalue weighted by atomic mass is 10.1. The number of alkyl carbamates (subject to hydrolysis) is 1. The van der Waals surface area contributed by atoms with Gasteiger partial charge in [-0.15, -0.1) is 0 Å². The van der Waals surface area contributed by atoms with Gasteiger partial charge in [0.25, 0.3) is 0 Å². The van der Waals surface area contributed by atoms with Crippen LogP contribution in [-0.2, 0) is 14.2 Å². The van der Waals surface area contributed by atoms with Crippen LogP contribution in [0, 0.1) is 0 Å². The molecular weight excluding hydrogens is 198 g/mol. The van der Waals surface area contributed by atoms with Gasteiger partial charge in [0.2, 0.25) is 0 Å². The molecule has 0 fully saturated rings. The van der Waals surface area contributed by atoms with Crippen molar-refractivity contribution in [3.63, 3.8) is 0 Å². The number of ether oxygens (including phenoxy) is 3. The molecule has 0 aliphatic heterocycles. The van der Waals surface area contributed by atoms with Crippen molar-refractivity contribution in [2.24, 2.45) is 0 Å². The Morgan fingerprint density at radius 2 is 1.87 bits per heavy atom. The first-order valence-electron chi connectivity index (χ1n) is 4.85. The minimum atomic E-state index is -0.444. The Hall–Kier alpha value is -0.810. The maximum absolute atomic E-state index is 11.3. The maximum atomic E-state index is 11.3. The second kappa shape index (κ2) is 6.63. The lowest BCUT2D eigenvalue weighted by Gasteiger charge is -2.21. The Morgan fingerprint density at radius 1 is 1.27 bits per heavy atom. The SMILES string of the molecule is COC[C@@H](COC(=O)NC(C)(C)C)OC. The highest BCUT2D eigenvalue weighted by atomic mass is 16.6. The van der Waals surface area contributed by atoms with Crippen LogP contribution in [0.5, 0.6) is 0 Å². The summed E-state index contributed by atoms with van der Waals surface area (Å²) in [5.74, 6) is 0. The Balaban J connectivity index is 3.78. The maximum Gasteiger partial charge on any atom is 0.407 e. The first-order chi connectivity index (χ1) is 6.89. The molecule has 1 N–H and O–H groups in total. The normalized spacial score (nSPS) is 13.4. The number of nitrogens with one attached hydrogen (secondary N) is 1. The molecule has 0 aliphatic rings. The van der Waals surface area contributed by atoms with Crippen LogP contribution in [-0.4, -0.2) is 45.2 Å². The number of rotatable bonds is 5. The van der Waals surface area contributed by atoms with E-state index in [4.69, 9.17) is 14.2 Å². The fourth-order valence-corrected chi connectivity index (χ4v) is 0.881. The third-order valence-electron chi connectivity index (χ3n) is 1.56. The van der Waals surface area contributed by atoms with E-state index in [0.717, 1.165) is 0 Å². The number of carbonyl (C=O) groups excluding carboxylic acids is 1. The molecule has 0 aromatic rings. The summed E-state index contributed by atoms with van der Waals surface area (Å²) in [5, 5.41) is 2.68. The van der Waals surface area contributed by atoms with E-state index in [0.29, 0.717) is 6.61 Å². The van der Waals surface area contributed by atoms with E-state index in [2.05, 4.69) is 5.32 Å². The number of amides is 1. The van der Waals surface area contributed by atoms with Gasteiger partial charge in [0.15, 0.2) is 0 Å². The summed E-state index contributed by atoms with van der Waals surface area (Å²) in [6, 6.07) is 0. The van der Waals surface area contributed by atoms with Gasteiger partial charge in [0, 0.05) is 19.8 Å². The highest BCUT2D eigenvalue weighted by molar-refractivity contribution is 5.68. The molecule has 0 aromatic heterocycles. The zero-order valence-electron chi connectivity index (χ0n) is 10.1. The van der Waals surface area contributed by atoms with Gasteiger partial charge >= 0.3 is 6.09 Å². The van der Waals surface area contributed by atoms with Gasteiger partial charge in [0.1, 0.15) is 12.7 Å². The molecule has 0 aromatic carbocycles. The molecule has 1 atom stereocenters. The zero-order valence-corrected chi connectivity index (χ0v) is 10.1. The molecule has 0 heterocycles. The van der Waals surface area contributed by atoms with Crippen molar-refractivity contribution in [3.05, 3.63) is 0 Å². The molecule has 90 valence electrons. The average molecular weight is 219 g/mol. The number of carbonyl (C=O) groups is 1. The van der Waals surface area contributed by atoms with Crippen LogP contribution in [0.15, 0.2) is 0 Å². The van der Waals surface area contributed by atoms with Crippen LogP contribution < -0.4 is 5.32 Å². The fraction of sp³-hybridized carbons (Fsp3) is 0.900. The predicted molar refractivity (Wildman–Crippen MR) is 56.9 cm³/mol. The van der Waals surface area contributed by atoms with Gasteiger partial charge in [-0.05, 0) is 20.8 Å². The molecule has 15 heavy (non-hydrogen) atoms. The molecule has 0 saturated carbocycles. The lowest BCUT2D eigenvalue weighted by molar-refractivity contribution is -0.0120. The van der Waals surface area contributed by atoms with Crippen LogP contribution >= 0.6 is 0 Å². The molecule has 0 aliphatic carbocycles. The summed E-state index contributed by atoms with van der Waals surface area (Å²) in [7, 11) is 3.12. The third kappa shape index (κ3) is 8.20. The van der Waals surface area contributed by atoms with Gasteiger partial charge in [-0.2, -0.15) is 0 Å².